The maximum Gasteiger partial charge on any atom is 0.346 e. The summed E-state index contributed by atoms with van der Waals surface area (Å²) in [4.78, 5) is 24.8. The quantitative estimate of drug-likeness (QED) is 0.297. The van der Waals surface area contributed by atoms with E-state index in [-0.39, 0.29) is 11.3 Å². The molecule has 3 aromatic carbocycles. The van der Waals surface area contributed by atoms with Gasteiger partial charge in [-0.3, -0.25) is 4.57 Å². The topological polar surface area (TPSA) is 77.1 Å². The predicted molar refractivity (Wildman–Crippen MR) is 138 cm³/mol. The number of benzene rings is 3. The lowest BCUT2D eigenvalue weighted by molar-refractivity contribution is 0.0697. The van der Waals surface area contributed by atoms with Gasteiger partial charge in [0.1, 0.15) is 5.82 Å². The molecule has 0 amide bonds. The highest BCUT2D eigenvalue weighted by atomic mass is 16.4. The van der Waals surface area contributed by atoms with Crippen LogP contribution in [0, 0.1) is 0 Å². The number of aryl methyl sites for hydroxylation is 3. The second-order valence-electron chi connectivity index (χ2n) is 8.75. The Morgan fingerprint density at radius 3 is 2.29 bits per heavy atom. The Morgan fingerprint density at radius 2 is 1.57 bits per heavy atom. The first kappa shape index (κ1) is 24.2. The first-order valence-electron chi connectivity index (χ1n) is 12.2. The number of unbranched alkanes of at least 4 members (excludes halogenated alkanes) is 2. The number of aromatic nitrogens is 3. The minimum absolute atomic E-state index is 0.0901. The monoisotopic (exact) mass is 469 g/mol. The number of hydrogen-bond acceptors (Lipinski definition) is 3. The molecule has 0 saturated carbocycles. The van der Waals surface area contributed by atoms with Crippen molar-refractivity contribution in [2.45, 2.75) is 52.1 Å². The van der Waals surface area contributed by atoms with E-state index in [1.54, 1.807) is 21.4 Å². The minimum Gasteiger partial charge on any atom is -0.478 e. The largest absolute Gasteiger partial charge is 0.478 e. The number of aromatic carboxylic acids is 1. The molecule has 1 heterocycles. The molecule has 0 aliphatic carbocycles. The Balaban J connectivity index is 1.57. The fraction of sp³-hybridized carbons (Fsp3) is 0.276. The maximum absolute atomic E-state index is 13.3. The van der Waals surface area contributed by atoms with E-state index in [9.17, 15) is 14.7 Å². The summed E-state index contributed by atoms with van der Waals surface area (Å²) in [5.41, 5.74) is 3.85. The highest BCUT2D eigenvalue weighted by Gasteiger charge is 2.15. The van der Waals surface area contributed by atoms with Gasteiger partial charge in [0.05, 0.1) is 18.7 Å². The first-order chi connectivity index (χ1) is 17.1. The summed E-state index contributed by atoms with van der Waals surface area (Å²) in [5.74, 6) is -0.132. The number of rotatable bonds is 11. The number of carbonyl (C=O) groups is 1. The zero-order chi connectivity index (χ0) is 24.6. The second kappa shape index (κ2) is 11.5. The molecule has 0 fully saturated rings. The van der Waals surface area contributed by atoms with Crippen LogP contribution in [-0.2, 0) is 25.9 Å². The van der Waals surface area contributed by atoms with Crippen molar-refractivity contribution in [3.63, 3.8) is 0 Å². The van der Waals surface area contributed by atoms with E-state index in [2.05, 4.69) is 19.1 Å². The zero-order valence-electron chi connectivity index (χ0n) is 20.1. The molecule has 0 spiro atoms. The van der Waals surface area contributed by atoms with E-state index in [1.165, 1.54) is 5.56 Å². The van der Waals surface area contributed by atoms with E-state index in [0.29, 0.717) is 18.7 Å². The van der Waals surface area contributed by atoms with Gasteiger partial charge in [0.2, 0.25) is 0 Å². The first-order valence-corrected chi connectivity index (χ1v) is 12.2. The van der Waals surface area contributed by atoms with Crippen molar-refractivity contribution in [1.29, 1.82) is 0 Å². The van der Waals surface area contributed by atoms with E-state index in [0.717, 1.165) is 49.1 Å². The van der Waals surface area contributed by atoms with Crippen molar-refractivity contribution >= 4 is 5.97 Å². The van der Waals surface area contributed by atoms with Crippen LogP contribution in [0.4, 0.5) is 0 Å². The molecule has 0 radical (unpaired) electrons. The standard InChI is InChI=1S/C29H31N3O3/c1-2-3-5-14-27-30-32(20-19-22-10-6-4-7-11-22)29(35)31(27)21-23-15-17-24(18-16-23)25-12-8-9-13-26(25)28(33)34/h4,6-13,15-18H,2-3,5,14,19-21H2,1H3,(H,33,34). The predicted octanol–water partition coefficient (Wildman–Crippen LogP) is 5.43. The lowest BCUT2D eigenvalue weighted by Gasteiger charge is -2.09. The van der Waals surface area contributed by atoms with Crippen molar-refractivity contribution in [1.82, 2.24) is 14.3 Å². The normalized spacial score (nSPS) is 11.0. The zero-order valence-corrected chi connectivity index (χ0v) is 20.1. The Kier molecular flexibility index (Phi) is 7.93. The fourth-order valence-electron chi connectivity index (χ4n) is 4.28. The molecule has 4 rings (SSSR count). The third-order valence-corrected chi connectivity index (χ3v) is 6.22. The molecule has 6 heteroatoms. The van der Waals surface area contributed by atoms with Gasteiger partial charge in [0.15, 0.2) is 0 Å². The lowest BCUT2D eigenvalue weighted by Crippen LogP contribution is -2.26. The molecule has 0 unspecified atom stereocenters. The van der Waals surface area contributed by atoms with E-state index in [4.69, 9.17) is 5.10 Å². The smallest absolute Gasteiger partial charge is 0.346 e. The number of nitrogens with zero attached hydrogens (tertiary/aromatic N) is 3. The van der Waals surface area contributed by atoms with Crippen LogP contribution < -0.4 is 5.69 Å². The van der Waals surface area contributed by atoms with E-state index >= 15 is 0 Å². The second-order valence-corrected chi connectivity index (χ2v) is 8.75. The molecule has 1 aromatic heterocycles. The van der Waals surface area contributed by atoms with Crippen molar-refractivity contribution in [3.8, 4) is 11.1 Å². The summed E-state index contributed by atoms with van der Waals surface area (Å²) in [6.07, 6.45) is 4.73. The molecule has 4 aromatic rings. The molecule has 0 bridgehead atoms. The van der Waals surface area contributed by atoms with E-state index in [1.807, 2.05) is 54.6 Å². The fourth-order valence-corrected chi connectivity index (χ4v) is 4.28. The Morgan fingerprint density at radius 1 is 0.857 bits per heavy atom. The summed E-state index contributed by atoms with van der Waals surface area (Å²) >= 11 is 0. The van der Waals surface area contributed by atoms with Crippen LogP contribution in [0.3, 0.4) is 0 Å². The molecular weight excluding hydrogens is 438 g/mol. The molecular formula is C29H31N3O3. The van der Waals surface area contributed by atoms with Crippen LogP contribution in [0.25, 0.3) is 11.1 Å². The average Bonchev–Trinajstić information content (AvgIpc) is 3.18. The van der Waals surface area contributed by atoms with Gasteiger partial charge in [-0.25, -0.2) is 14.3 Å². The molecule has 6 nitrogen and oxygen atoms in total. The molecule has 1 N–H and O–H groups in total. The Bertz CT molecular complexity index is 1320. The van der Waals surface area contributed by atoms with Crippen LogP contribution >= 0.6 is 0 Å². The minimum atomic E-state index is -0.948. The Hall–Kier alpha value is -3.93. The summed E-state index contributed by atoms with van der Waals surface area (Å²) in [6, 6.07) is 24.8. The summed E-state index contributed by atoms with van der Waals surface area (Å²) in [5, 5.41) is 14.2. The van der Waals surface area contributed by atoms with Crippen molar-refractivity contribution in [3.05, 3.63) is 112 Å². The maximum atomic E-state index is 13.3. The molecule has 180 valence electrons. The van der Waals surface area contributed by atoms with Crippen molar-refractivity contribution in [2.75, 3.05) is 0 Å². The van der Waals surface area contributed by atoms with Gasteiger partial charge in [-0.15, -0.1) is 0 Å². The average molecular weight is 470 g/mol. The highest BCUT2D eigenvalue weighted by Crippen LogP contribution is 2.24. The lowest BCUT2D eigenvalue weighted by atomic mass is 9.99. The number of carboxylic acids is 1. The Labute approximate surface area is 205 Å². The number of carboxylic acid groups (broad SMARTS) is 1. The highest BCUT2D eigenvalue weighted by molar-refractivity contribution is 5.95. The van der Waals surface area contributed by atoms with Gasteiger partial charge < -0.3 is 5.11 Å². The molecule has 0 atom stereocenters. The van der Waals surface area contributed by atoms with Gasteiger partial charge in [0, 0.05) is 6.42 Å². The van der Waals surface area contributed by atoms with Crippen LogP contribution in [0.5, 0.6) is 0 Å². The van der Waals surface area contributed by atoms with Crippen LogP contribution in [0.1, 0.15) is 53.5 Å². The third-order valence-electron chi connectivity index (χ3n) is 6.22. The third kappa shape index (κ3) is 5.96. The molecule has 0 saturated heterocycles. The summed E-state index contributed by atoms with van der Waals surface area (Å²) < 4.78 is 3.37. The molecule has 0 aliphatic heterocycles. The van der Waals surface area contributed by atoms with Gasteiger partial charge in [-0.05, 0) is 41.2 Å². The van der Waals surface area contributed by atoms with Crippen LogP contribution in [0.2, 0.25) is 0 Å². The summed E-state index contributed by atoms with van der Waals surface area (Å²) in [6.45, 7) is 3.14. The van der Waals surface area contributed by atoms with Crippen LogP contribution in [0.15, 0.2) is 83.7 Å². The van der Waals surface area contributed by atoms with Gasteiger partial charge in [-0.2, -0.15) is 5.10 Å². The molecule has 35 heavy (non-hydrogen) atoms. The van der Waals surface area contributed by atoms with E-state index < -0.39 is 5.97 Å². The van der Waals surface area contributed by atoms with Crippen molar-refractivity contribution < 1.29 is 9.90 Å². The molecule has 0 aliphatic rings. The van der Waals surface area contributed by atoms with Crippen molar-refractivity contribution in [2.24, 2.45) is 0 Å². The van der Waals surface area contributed by atoms with Gasteiger partial charge >= 0.3 is 11.7 Å². The SMILES string of the molecule is CCCCCc1nn(CCc2ccccc2)c(=O)n1Cc1ccc(-c2ccccc2C(=O)O)cc1. The number of hydrogen-bond donors (Lipinski definition) is 1. The van der Waals surface area contributed by atoms with Crippen LogP contribution in [-0.4, -0.2) is 25.4 Å². The van der Waals surface area contributed by atoms with Gasteiger partial charge in [0.25, 0.3) is 0 Å². The summed E-state index contributed by atoms with van der Waals surface area (Å²) in [7, 11) is 0. The van der Waals surface area contributed by atoms with Gasteiger partial charge in [-0.1, -0.05) is 92.6 Å².